The van der Waals surface area contributed by atoms with E-state index in [1.807, 2.05) is 0 Å². The first-order chi connectivity index (χ1) is 4.98. The van der Waals surface area contributed by atoms with Crippen LogP contribution in [-0.2, 0) is 12.6 Å². The average molecular weight is 176 g/mol. The second-order valence-electron chi connectivity index (χ2n) is 5.10. The van der Waals surface area contributed by atoms with Crippen LogP contribution >= 0.6 is 0 Å². The molecule has 64 valence electrons. The molecule has 12 heavy (non-hydrogen) atoms. The minimum atomic E-state index is 0. The van der Waals surface area contributed by atoms with Crippen LogP contribution in [-0.4, -0.2) is 5.25 Å². The van der Waals surface area contributed by atoms with Crippen LogP contribution in [0.25, 0.3) is 0 Å². The first-order valence-electron chi connectivity index (χ1n) is 4.64. The Kier molecular flexibility index (Phi) is 2.73. The van der Waals surface area contributed by atoms with Gasteiger partial charge in [0.25, 0.3) is 0 Å². The topological polar surface area (TPSA) is 0 Å². The quantitative estimate of drug-likeness (QED) is 0.362. The van der Waals surface area contributed by atoms with E-state index < -0.39 is 0 Å². The van der Waals surface area contributed by atoms with E-state index in [1.54, 1.807) is 0 Å². The summed E-state index contributed by atoms with van der Waals surface area (Å²) in [4.78, 5) is 0. The molecule has 0 radical (unpaired) electrons. The summed E-state index contributed by atoms with van der Waals surface area (Å²) in [5, 5.41) is 0.552. The molecule has 2 rings (SSSR count). The summed E-state index contributed by atoms with van der Waals surface area (Å²) in [6.45, 7) is 7.23. The molecule has 0 heterocycles. The van der Waals surface area contributed by atoms with Crippen molar-refractivity contribution in [1.82, 2.24) is 0 Å². The third kappa shape index (κ3) is 1.06. The maximum absolute atomic E-state index is 5.52. The Morgan fingerprint density at radius 3 is 2.00 bits per heavy atom. The van der Waals surface area contributed by atoms with Crippen molar-refractivity contribution in [2.24, 2.45) is 16.7 Å². The summed E-state index contributed by atoms with van der Waals surface area (Å²) >= 11 is 5.52. The van der Waals surface area contributed by atoms with Gasteiger partial charge in [0, 0.05) is 0 Å². The summed E-state index contributed by atoms with van der Waals surface area (Å²) in [5.74, 6) is 0.926. The maximum Gasteiger partial charge on any atom is 1.00 e. The van der Waals surface area contributed by atoms with E-state index in [2.05, 4.69) is 20.8 Å². The second kappa shape index (κ2) is 2.97. The largest absolute Gasteiger partial charge is 1.00 e. The molecule has 0 aliphatic heterocycles. The molecule has 2 fully saturated rings. The van der Waals surface area contributed by atoms with E-state index >= 15 is 0 Å². The predicted molar refractivity (Wildman–Crippen MR) is 50.4 cm³/mol. The van der Waals surface area contributed by atoms with Crippen molar-refractivity contribution >= 4 is 12.6 Å². The molecule has 0 amide bonds. The van der Waals surface area contributed by atoms with E-state index in [-0.39, 0.29) is 18.9 Å². The Hall–Kier alpha value is 0.947. The van der Waals surface area contributed by atoms with Crippen LogP contribution in [0.2, 0.25) is 0 Å². The van der Waals surface area contributed by atoms with E-state index in [0.717, 1.165) is 5.92 Å². The molecule has 0 aromatic heterocycles. The van der Waals surface area contributed by atoms with Crippen LogP contribution in [0.1, 0.15) is 40.0 Å². The zero-order valence-corrected chi connectivity index (χ0v) is 9.50. The molecule has 3 atom stereocenters. The predicted octanol–water partition coefficient (Wildman–Crippen LogP) is -0.248. The molecule has 2 aliphatic carbocycles. The Morgan fingerprint density at radius 2 is 1.83 bits per heavy atom. The molecule has 2 aliphatic rings. The van der Waals surface area contributed by atoms with Crippen molar-refractivity contribution in [2.45, 2.75) is 45.3 Å². The van der Waals surface area contributed by atoms with Gasteiger partial charge in [0.15, 0.2) is 0 Å². The van der Waals surface area contributed by atoms with Crippen molar-refractivity contribution in [3.05, 3.63) is 0 Å². The molecule has 2 saturated carbocycles. The maximum atomic E-state index is 5.52. The molecule has 0 aromatic rings. The molecule has 0 spiro atoms. The van der Waals surface area contributed by atoms with E-state index in [0.29, 0.717) is 16.1 Å². The van der Waals surface area contributed by atoms with Gasteiger partial charge in [-0.2, -0.15) is 5.25 Å². The van der Waals surface area contributed by atoms with E-state index in [4.69, 9.17) is 12.6 Å². The fourth-order valence-corrected chi connectivity index (χ4v) is 3.78. The Balaban J connectivity index is 0.000000720. The van der Waals surface area contributed by atoms with Gasteiger partial charge in [-0.1, -0.05) is 27.2 Å². The van der Waals surface area contributed by atoms with Gasteiger partial charge in [-0.05, 0) is 29.6 Å². The van der Waals surface area contributed by atoms with Crippen LogP contribution in [0.3, 0.4) is 0 Å². The summed E-state index contributed by atoms with van der Waals surface area (Å²) in [5.41, 5.74) is 1.01. The molecule has 0 saturated heterocycles. The first-order valence-corrected chi connectivity index (χ1v) is 5.11. The van der Waals surface area contributed by atoms with Gasteiger partial charge in [0.2, 0.25) is 0 Å². The van der Waals surface area contributed by atoms with Crippen molar-refractivity contribution in [3.63, 3.8) is 0 Å². The molecule has 0 aromatic carbocycles. The standard InChI is InChI=1S/C10H18S.Li/c1-9(2)7-4-5-10(9,3)8(11)6-7;/h7-8,11H,4-6H2,1-3H3;/q;+1/p-1/t7-,8-,10+;/m1./s1. The van der Waals surface area contributed by atoms with Gasteiger partial charge in [0.05, 0.1) is 0 Å². The third-order valence-corrected chi connectivity index (χ3v) is 5.43. The molecule has 0 N–H and O–H groups in total. The summed E-state index contributed by atoms with van der Waals surface area (Å²) in [7, 11) is 0. The van der Waals surface area contributed by atoms with Gasteiger partial charge >= 0.3 is 18.9 Å². The number of rotatable bonds is 0. The van der Waals surface area contributed by atoms with Gasteiger partial charge in [-0.3, -0.25) is 0 Å². The van der Waals surface area contributed by atoms with Crippen LogP contribution in [0, 0.1) is 16.7 Å². The van der Waals surface area contributed by atoms with Crippen LogP contribution < -0.4 is 18.9 Å². The molecule has 2 heteroatoms. The minimum Gasteiger partial charge on any atom is -0.789 e. The molecular weight excluding hydrogens is 159 g/mol. The fraction of sp³-hybridized carbons (Fsp3) is 1.00. The molecule has 2 bridgehead atoms. The van der Waals surface area contributed by atoms with Gasteiger partial charge in [0.1, 0.15) is 0 Å². The number of hydrogen-bond acceptors (Lipinski definition) is 1. The summed E-state index contributed by atoms with van der Waals surface area (Å²) in [6.07, 6.45) is 4.11. The van der Waals surface area contributed by atoms with Crippen LogP contribution in [0.15, 0.2) is 0 Å². The van der Waals surface area contributed by atoms with Crippen molar-refractivity contribution in [2.75, 3.05) is 0 Å². The van der Waals surface area contributed by atoms with Gasteiger partial charge in [-0.15, -0.1) is 0 Å². The van der Waals surface area contributed by atoms with Gasteiger partial charge in [-0.25, -0.2) is 0 Å². The second-order valence-corrected chi connectivity index (χ2v) is 5.67. The SMILES string of the molecule is CC1(C)[C@@H]2CC[C@@]1(C)[C@H]([S-])C2.[Li+]. The average Bonchev–Trinajstić information content (AvgIpc) is 2.20. The van der Waals surface area contributed by atoms with Gasteiger partial charge < -0.3 is 12.6 Å². The fourth-order valence-electron chi connectivity index (χ4n) is 3.13. The van der Waals surface area contributed by atoms with Crippen molar-refractivity contribution in [3.8, 4) is 0 Å². The van der Waals surface area contributed by atoms with Crippen molar-refractivity contribution < 1.29 is 18.9 Å². The Morgan fingerprint density at radius 1 is 1.25 bits per heavy atom. The molecular formula is C10H17LiS. The zero-order valence-electron chi connectivity index (χ0n) is 8.68. The first kappa shape index (κ1) is 11.0. The van der Waals surface area contributed by atoms with Crippen molar-refractivity contribution in [1.29, 1.82) is 0 Å². The zero-order chi connectivity index (χ0) is 8.28. The smallest absolute Gasteiger partial charge is 0.789 e. The Bertz CT molecular complexity index is 190. The monoisotopic (exact) mass is 176 g/mol. The third-order valence-electron chi connectivity index (χ3n) is 4.71. The normalized spacial score (nSPS) is 49.0. The summed E-state index contributed by atoms with van der Waals surface area (Å²) < 4.78 is 0. The van der Waals surface area contributed by atoms with Crippen LogP contribution in [0.4, 0.5) is 0 Å². The number of fused-ring (bicyclic) bond motifs is 2. The Labute approximate surface area is 93.5 Å². The summed E-state index contributed by atoms with van der Waals surface area (Å²) in [6, 6.07) is 0. The van der Waals surface area contributed by atoms with E-state index in [9.17, 15) is 0 Å². The van der Waals surface area contributed by atoms with E-state index in [1.165, 1.54) is 19.3 Å². The van der Waals surface area contributed by atoms with Crippen LogP contribution in [0.5, 0.6) is 0 Å². The molecule has 0 unspecified atom stereocenters. The minimum absolute atomic E-state index is 0. The molecule has 0 nitrogen and oxygen atoms in total. The number of hydrogen-bond donors (Lipinski definition) is 0.